The van der Waals surface area contributed by atoms with Gasteiger partial charge in [0.25, 0.3) is 0 Å². The van der Waals surface area contributed by atoms with E-state index >= 15 is 0 Å². The van der Waals surface area contributed by atoms with Gasteiger partial charge in [0.1, 0.15) is 11.6 Å². The number of rotatable bonds is 6. The van der Waals surface area contributed by atoms with Crippen LogP contribution < -0.4 is 9.64 Å². The Morgan fingerprint density at radius 1 is 1.10 bits per heavy atom. The minimum atomic E-state index is -0.0658. The minimum absolute atomic E-state index is 0.0658. The third kappa shape index (κ3) is 4.95. The van der Waals surface area contributed by atoms with Crippen LogP contribution in [-0.2, 0) is 30.8 Å². The maximum Gasteiger partial charge on any atom is 0.233 e. The van der Waals surface area contributed by atoms with Crippen LogP contribution in [0.4, 0.5) is 11.4 Å². The first kappa shape index (κ1) is 25.4. The van der Waals surface area contributed by atoms with E-state index in [0.717, 1.165) is 45.3 Å². The molecule has 0 atom stereocenters. The third-order valence-electron chi connectivity index (χ3n) is 7.06. The van der Waals surface area contributed by atoms with Gasteiger partial charge < -0.3 is 18.8 Å². The van der Waals surface area contributed by atoms with Gasteiger partial charge in [0, 0.05) is 40.9 Å². The second-order valence-corrected chi connectivity index (χ2v) is 10.0. The molecule has 0 radical (unpaired) electrons. The number of para-hydroxylation sites is 1. The summed E-state index contributed by atoms with van der Waals surface area (Å²) in [7, 11) is 1.64. The molecule has 3 aromatic carbocycles. The van der Waals surface area contributed by atoms with E-state index in [1.54, 1.807) is 36.7 Å². The molecule has 0 fully saturated rings. The quantitative estimate of drug-likeness (QED) is 0.239. The molecule has 0 unspecified atom stereocenters. The number of fused-ring (bicyclic) bond motifs is 2. The molecule has 0 saturated carbocycles. The van der Waals surface area contributed by atoms with E-state index in [-0.39, 0.29) is 12.3 Å². The van der Waals surface area contributed by atoms with Crippen LogP contribution in [0.2, 0.25) is 5.02 Å². The lowest BCUT2D eigenvalue weighted by Crippen LogP contribution is -2.32. The van der Waals surface area contributed by atoms with Crippen LogP contribution in [0.3, 0.4) is 0 Å². The van der Waals surface area contributed by atoms with Gasteiger partial charge in [0.05, 0.1) is 45.2 Å². The van der Waals surface area contributed by atoms with Crippen molar-refractivity contribution in [3.05, 3.63) is 125 Å². The van der Waals surface area contributed by atoms with E-state index in [1.165, 1.54) is 0 Å². The number of benzene rings is 3. The molecule has 8 nitrogen and oxygen atoms in total. The molecule has 9 heteroatoms. The number of aromatic nitrogens is 4. The molecule has 40 heavy (non-hydrogen) atoms. The Morgan fingerprint density at radius 3 is 2.73 bits per heavy atom. The van der Waals surface area contributed by atoms with Gasteiger partial charge in [0.2, 0.25) is 5.91 Å². The number of ether oxygens (including phenoxy) is 1. The Kier molecular flexibility index (Phi) is 6.81. The minimum Gasteiger partial charge on any atom is -0.496 e. The molecular formula is C31H25ClN6O2. The van der Waals surface area contributed by atoms with Gasteiger partial charge in [-0.1, -0.05) is 48.0 Å². The molecule has 3 heterocycles. The van der Waals surface area contributed by atoms with Crippen LogP contribution in [0.15, 0.2) is 85.5 Å². The smallest absolute Gasteiger partial charge is 0.233 e. The van der Waals surface area contributed by atoms with E-state index in [0.29, 0.717) is 30.3 Å². The number of amides is 1. The highest BCUT2D eigenvalue weighted by Gasteiger charge is 2.27. The number of nitrogens with zero attached hydrogens (tertiary/aromatic N) is 6. The third-order valence-corrected chi connectivity index (χ3v) is 7.30. The lowest BCUT2D eigenvalue weighted by atomic mass is 10.1. The van der Waals surface area contributed by atoms with E-state index in [1.807, 2.05) is 65.4 Å². The molecule has 6 rings (SSSR count). The van der Waals surface area contributed by atoms with Crippen molar-refractivity contribution in [2.24, 2.45) is 0 Å². The summed E-state index contributed by atoms with van der Waals surface area (Å²) >= 11 is 6.38. The van der Waals surface area contributed by atoms with Gasteiger partial charge in [-0.2, -0.15) is 0 Å². The Hall–Kier alpha value is -4.87. The molecule has 0 N–H and O–H groups in total. The molecule has 198 valence electrons. The van der Waals surface area contributed by atoms with Gasteiger partial charge in [-0.05, 0) is 41.5 Å². The zero-order valence-corrected chi connectivity index (χ0v) is 22.5. The van der Waals surface area contributed by atoms with Crippen molar-refractivity contribution in [2.75, 3.05) is 12.0 Å². The summed E-state index contributed by atoms with van der Waals surface area (Å²) in [5.74, 6) is 1.45. The number of carbonyl (C=O) groups excluding carboxylic acids is 1. The summed E-state index contributed by atoms with van der Waals surface area (Å²) in [4.78, 5) is 28.4. The molecule has 0 saturated heterocycles. The average Bonchev–Trinajstić information content (AvgIpc) is 3.55. The Bertz CT molecular complexity index is 1750. The van der Waals surface area contributed by atoms with Gasteiger partial charge >= 0.3 is 0 Å². The predicted octanol–water partition coefficient (Wildman–Crippen LogP) is 6.15. The fraction of sp³-hybridized carbons (Fsp3) is 0.161. The first-order chi connectivity index (χ1) is 19.5. The van der Waals surface area contributed by atoms with Crippen molar-refractivity contribution < 1.29 is 9.53 Å². The van der Waals surface area contributed by atoms with Crippen LogP contribution in [-0.4, -0.2) is 32.1 Å². The highest BCUT2D eigenvalue weighted by molar-refractivity contribution is 6.30. The number of hydrogen-bond acceptors (Lipinski definition) is 4. The molecule has 0 bridgehead atoms. The van der Waals surface area contributed by atoms with Crippen LogP contribution in [0.5, 0.6) is 5.75 Å². The van der Waals surface area contributed by atoms with Crippen molar-refractivity contribution in [3.8, 4) is 17.0 Å². The van der Waals surface area contributed by atoms with Crippen molar-refractivity contribution in [1.29, 1.82) is 0 Å². The number of imidazole rings is 2. The summed E-state index contributed by atoms with van der Waals surface area (Å²) in [5, 5.41) is 0.613. The van der Waals surface area contributed by atoms with E-state index in [2.05, 4.69) is 14.4 Å². The maximum absolute atomic E-state index is 13.9. The highest BCUT2D eigenvalue weighted by atomic mass is 35.5. The number of anilines is 1. The first-order valence-electron chi connectivity index (χ1n) is 12.8. The molecule has 1 aliphatic heterocycles. The van der Waals surface area contributed by atoms with Gasteiger partial charge in [-0.25, -0.2) is 14.8 Å². The lowest BCUT2D eigenvalue weighted by Gasteiger charge is -2.23. The Morgan fingerprint density at radius 2 is 1.93 bits per heavy atom. The summed E-state index contributed by atoms with van der Waals surface area (Å²) in [6.45, 7) is 8.56. The fourth-order valence-electron chi connectivity index (χ4n) is 5.04. The Balaban J connectivity index is 1.31. The first-order valence-corrected chi connectivity index (χ1v) is 13.1. The number of methoxy groups -OCH3 is 1. The standard InChI is InChI=1S/C31H25ClN6O2/c1-33-24-10-7-21(8-11-24)16-37-20-34-15-25(37)14-31(39)38-19-30-35-27(26-5-3-4-6-29(26)40-2)18-36(30)17-22-13-23(32)9-12-28(22)38/h3-13,15,18,20H,14,16-17,19H2,2H3. The lowest BCUT2D eigenvalue weighted by molar-refractivity contribution is -0.118. The molecule has 0 spiro atoms. The van der Waals surface area contributed by atoms with Crippen molar-refractivity contribution in [2.45, 2.75) is 26.1 Å². The van der Waals surface area contributed by atoms with Crippen molar-refractivity contribution in [3.63, 3.8) is 0 Å². The van der Waals surface area contributed by atoms with Crippen LogP contribution in [0.1, 0.15) is 22.6 Å². The molecule has 0 aliphatic carbocycles. The van der Waals surface area contributed by atoms with Crippen molar-refractivity contribution in [1.82, 2.24) is 19.1 Å². The summed E-state index contributed by atoms with van der Waals surface area (Å²) in [5.41, 5.74) is 5.86. The van der Waals surface area contributed by atoms with Gasteiger partial charge in [-0.15, -0.1) is 0 Å². The van der Waals surface area contributed by atoms with E-state index in [9.17, 15) is 4.79 Å². The zero-order valence-electron chi connectivity index (χ0n) is 21.8. The molecule has 1 amide bonds. The Labute approximate surface area is 236 Å². The van der Waals surface area contributed by atoms with Gasteiger partial charge in [-0.3, -0.25) is 4.79 Å². The van der Waals surface area contributed by atoms with Crippen LogP contribution in [0.25, 0.3) is 16.1 Å². The van der Waals surface area contributed by atoms with Crippen molar-refractivity contribution >= 4 is 28.9 Å². The summed E-state index contributed by atoms with van der Waals surface area (Å²) in [6, 6.07) is 20.8. The molecule has 2 aromatic heterocycles. The number of hydrogen-bond donors (Lipinski definition) is 0. The van der Waals surface area contributed by atoms with Crippen LogP contribution >= 0.6 is 11.6 Å². The second-order valence-electron chi connectivity index (χ2n) is 9.59. The van der Waals surface area contributed by atoms with Crippen LogP contribution in [0, 0.1) is 6.57 Å². The largest absolute Gasteiger partial charge is 0.496 e. The van der Waals surface area contributed by atoms with E-state index < -0.39 is 0 Å². The molecule has 5 aromatic rings. The summed E-state index contributed by atoms with van der Waals surface area (Å²) in [6.07, 6.45) is 5.63. The maximum atomic E-state index is 13.9. The SMILES string of the molecule is [C-]#[N+]c1ccc(Cn2cncc2CC(=O)N2Cc3nc(-c4ccccc4OC)cn3Cc3cc(Cl)ccc32)cc1. The monoisotopic (exact) mass is 548 g/mol. The second kappa shape index (κ2) is 10.7. The zero-order chi connectivity index (χ0) is 27.6. The normalized spacial score (nSPS) is 12.3. The van der Waals surface area contributed by atoms with E-state index in [4.69, 9.17) is 27.9 Å². The summed E-state index contributed by atoms with van der Waals surface area (Å²) < 4.78 is 9.59. The highest BCUT2D eigenvalue weighted by Crippen LogP contribution is 2.34. The molecular weight excluding hydrogens is 524 g/mol. The average molecular weight is 549 g/mol. The number of halogens is 1. The fourth-order valence-corrected chi connectivity index (χ4v) is 5.24. The van der Waals surface area contributed by atoms with Gasteiger partial charge in [0.15, 0.2) is 5.69 Å². The topological polar surface area (TPSA) is 69.5 Å². The predicted molar refractivity (Wildman–Crippen MR) is 154 cm³/mol. The number of carbonyl (C=O) groups is 1. The molecule has 1 aliphatic rings.